The third-order valence-electron chi connectivity index (χ3n) is 3.40. The molecule has 0 aliphatic heterocycles. The first kappa shape index (κ1) is 16.5. The number of benzene rings is 2. The highest BCUT2D eigenvalue weighted by Crippen LogP contribution is 2.18. The molecule has 2 N–H and O–H groups in total. The van der Waals surface area contributed by atoms with Gasteiger partial charge in [-0.1, -0.05) is 0 Å². The number of nitrogens with one attached hydrogen (secondary N) is 2. The Morgan fingerprint density at radius 3 is 2.32 bits per heavy atom. The molecule has 3 aromatic rings. The number of aromatic nitrogens is 2. The van der Waals surface area contributed by atoms with E-state index in [0.29, 0.717) is 11.5 Å². The highest BCUT2D eigenvalue weighted by molar-refractivity contribution is 6.04. The first-order valence-electron chi connectivity index (χ1n) is 7.43. The number of anilines is 3. The van der Waals surface area contributed by atoms with Gasteiger partial charge < -0.3 is 10.6 Å². The monoisotopic (exact) mass is 340 g/mol. The van der Waals surface area contributed by atoms with Crippen molar-refractivity contribution in [3.63, 3.8) is 0 Å². The molecule has 1 heterocycles. The number of halogens is 2. The predicted molar refractivity (Wildman–Crippen MR) is 90.8 cm³/mol. The fraction of sp³-hybridized carbons (Fsp3) is 0.0556. The number of aryl methyl sites for hydroxylation is 1. The van der Waals surface area contributed by atoms with Gasteiger partial charge in [0.15, 0.2) is 11.6 Å². The van der Waals surface area contributed by atoms with Crippen LogP contribution in [0.15, 0.2) is 54.9 Å². The second-order valence-electron chi connectivity index (χ2n) is 5.33. The lowest BCUT2D eigenvalue weighted by Crippen LogP contribution is -2.12. The summed E-state index contributed by atoms with van der Waals surface area (Å²) in [7, 11) is 0. The summed E-state index contributed by atoms with van der Waals surface area (Å²) in [6, 6.07) is 11.7. The van der Waals surface area contributed by atoms with Gasteiger partial charge in [0.2, 0.25) is 0 Å². The Hall–Kier alpha value is -3.35. The van der Waals surface area contributed by atoms with Gasteiger partial charge in [-0.25, -0.2) is 18.7 Å². The third-order valence-corrected chi connectivity index (χ3v) is 3.40. The zero-order chi connectivity index (χ0) is 17.8. The van der Waals surface area contributed by atoms with Crippen LogP contribution in [0.25, 0.3) is 0 Å². The zero-order valence-electron chi connectivity index (χ0n) is 13.3. The largest absolute Gasteiger partial charge is 0.340 e. The molecule has 2 aromatic carbocycles. The topological polar surface area (TPSA) is 66.9 Å². The lowest BCUT2D eigenvalue weighted by atomic mass is 10.2. The van der Waals surface area contributed by atoms with Crippen molar-refractivity contribution in [2.45, 2.75) is 6.92 Å². The standard InChI is InChI=1S/C18H14F2N4O/c1-11-8-17(22-10-21-11)23-13-3-5-14(6-4-13)24-18(25)12-2-7-15(19)16(20)9-12/h2-10H,1H3,(H,24,25)(H,21,22,23). The van der Waals surface area contributed by atoms with E-state index in [9.17, 15) is 13.6 Å². The molecular weight excluding hydrogens is 326 g/mol. The molecule has 1 aromatic heterocycles. The van der Waals surface area contributed by atoms with Crippen LogP contribution in [-0.2, 0) is 0 Å². The van der Waals surface area contributed by atoms with Crippen molar-refractivity contribution in [2.24, 2.45) is 0 Å². The molecule has 0 aliphatic carbocycles. The van der Waals surface area contributed by atoms with Gasteiger partial charge in [0.25, 0.3) is 5.91 Å². The summed E-state index contributed by atoms with van der Waals surface area (Å²) in [5.74, 6) is -1.92. The first-order valence-corrected chi connectivity index (χ1v) is 7.43. The molecule has 0 radical (unpaired) electrons. The minimum atomic E-state index is -1.06. The predicted octanol–water partition coefficient (Wildman–Crippen LogP) is 4.06. The minimum absolute atomic E-state index is 0.0394. The van der Waals surface area contributed by atoms with Gasteiger partial charge in [0.1, 0.15) is 12.1 Å². The second-order valence-corrected chi connectivity index (χ2v) is 5.33. The van der Waals surface area contributed by atoms with E-state index < -0.39 is 17.5 Å². The van der Waals surface area contributed by atoms with Gasteiger partial charge >= 0.3 is 0 Å². The van der Waals surface area contributed by atoms with E-state index in [1.54, 1.807) is 30.3 Å². The summed E-state index contributed by atoms with van der Waals surface area (Å²) in [5.41, 5.74) is 2.19. The van der Waals surface area contributed by atoms with Crippen molar-refractivity contribution in [3.05, 3.63) is 77.8 Å². The quantitative estimate of drug-likeness (QED) is 0.752. The lowest BCUT2D eigenvalue weighted by Gasteiger charge is -2.08. The fourth-order valence-electron chi connectivity index (χ4n) is 2.15. The number of rotatable bonds is 4. The Kier molecular flexibility index (Phi) is 4.65. The van der Waals surface area contributed by atoms with E-state index in [-0.39, 0.29) is 5.56 Å². The van der Waals surface area contributed by atoms with Crippen LogP contribution in [0.2, 0.25) is 0 Å². The minimum Gasteiger partial charge on any atom is -0.340 e. The summed E-state index contributed by atoms with van der Waals surface area (Å²) < 4.78 is 26.1. The molecule has 7 heteroatoms. The average molecular weight is 340 g/mol. The van der Waals surface area contributed by atoms with Gasteiger partial charge in [0, 0.05) is 28.7 Å². The Labute approximate surface area is 142 Å². The number of carbonyl (C=O) groups is 1. The van der Waals surface area contributed by atoms with Gasteiger partial charge in [0.05, 0.1) is 0 Å². The molecular formula is C18H14F2N4O. The zero-order valence-corrected chi connectivity index (χ0v) is 13.3. The Balaban J connectivity index is 1.67. The van der Waals surface area contributed by atoms with Gasteiger partial charge in [-0.2, -0.15) is 0 Å². The maximum Gasteiger partial charge on any atom is 0.255 e. The maximum atomic E-state index is 13.2. The summed E-state index contributed by atoms with van der Waals surface area (Å²) in [6.45, 7) is 1.86. The van der Waals surface area contributed by atoms with Crippen LogP contribution >= 0.6 is 0 Å². The van der Waals surface area contributed by atoms with E-state index in [2.05, 4.69) is 20.6 Å². The molecule has 0 saturated carbocycles. The molecule has 25 heavy (non-hydrogen) atoms. The molecule has 0 aliphatic rings. The van der Waals surface area contributed by atoms with Crippen LogP contribution in [0.4, 0.5) is 26.0 Å². The highest BCUT2D eigenvalue weighted by Gasteiger charge is 2.10. The fourth-order valence-corrected chi connectivity index (χ4v) is 2.15. The van der Waals surface area contributed by atoms with Crippen LogP contribution in [0, 0.1) is 18.6 Å². The number of amides is 1. The SMILES string of the molecule is Cc1cc(Nc2ccc(NC(=O)c3ccc(F)c(F)c3)cc2)ncn1. The van der Waals surface area contributed by atoms with Crippen LogP contribution in [0.5, 0.6) is 0 Å². The summed E-state index contributed by atoms with van der Waals surface area (Å²) in [4.78, 5) is 20.2. The van der Waals surface area contributed by atoms with Crippen molar-refractivity contribution in [1.29, 1.82) is 0 Å². The molecule has 0 atom stereocenters. The van der Waals surface area contributed by atoms with Gasteiger partial charge in [-0.15, -0.1) is 0 Å². The van der Waals surface area contributed by atoms with Crippen LogP contribution in [0.3, 0.4) is 0 Å². The summed E-state index contributed by atoms with van der Waals surface area (Å²) in [5, 5.41) is 5.74. The average Bonchev–Trinajstić information content (AvgIpc) is 2.59. The summed E-state index contributed by atoms with van der Waals surface area (Å²) >= 11 is 0. The Bertz CT molecular complexity index is 913. The van der Waals surface area contributed by atoms with Crippen LogP contribution in [-0.4, -0.2) is 15.9 Å². The van der Waals surface area contributed by atoms with E-state index in [1.165, 1.54) is 12.4 Å². The number of carbonyl (C=O) groups excluding carboxylic acids is 1. The van der Waals surface area contributed by atoms with Crippen LogP contribution < -0.4 is 10.6 Å². The van der Waals surface area contributed by atoms with Crippen LogP contribution in [0.1, 0.15) is 16.1 Å². The van der Waals surface area contributed by atoms with Gasteiger partial charge in [-0.05, 0) is 49.4 Å². The number of hydrogen-bond acceptors (Lipinski definition) is 4. The van der Waals surface area contributed by atoms with Crippen molar-refractivity contribution >= 4 is 23.1 Å². The molecule has 5 nitrogen and oxygen atoms in total. The number of hydrogen-bond donors (Lipinski definition) is 2. The van der Waals surface area contributed by atoms with E-state index in [0.717, 1.165) is 23.5 Å². The molecule has 1 amide bonds. The van der Waals surface area contributed by atoms with Gasteiger partial charge in [-0.3, -0.25) is 4.79 Å². The number of nitrogens with zero attached hydrogens (tertiary/aromatic N) is 2. The van der Waals surface area contributed by atoms with Crippen molar-refractivity contribution in [1.82, 2.24) is 9.97 Å². The lowest BCUT2D eigenvalue weighted by molar-refractivity contribution is 0.102. The van der Waals surface area contributed by atoms with E-state index in [4.69, 9.17) is 0 Å². The van der Waals surface area contributed by atoms with Crippen molar-refractivity contribution < 1.29 is 13.6 Å². The molecule has 0 unspecified atom stereocenters. The third kappa shape index (κ3) is 4.14. The van der Waals surface area contributed by atoms with Crippen molar-refractivity contribution in [2.75, 3.05) is 10.6 Å². The molecule has 3 rings (SSSR count). The molecule has 126 valence electrons. The first-order chi connectivity index (χ1) is 12.0. The summed E-state index contributed by atoms with van der Waals surface area (Å²) in [6.07, 6.45) is 1.47. The highest BCUT2D eigenvalue weighted by atomic mass is 19.2. The van der Waals surface area contributed by atoms with Crippen molar-refractivity contribution in [3.8, 4) is 0 Å². The Morgan fingerprint density at radius 2 is 1.64 bits per heavy atom. The molecule has 0 fully saturated rings. The molecule has 0 saturated heterocycles. The Morgan fingerprint density at radius 1 is 0.920 bits per heavy atom. The molecule has 0 bridgehead atoms. The maximum absolute atomic E-state index is 13.2. The van der Waals surface area contributed by atoms with E-state index in [1.807, 2.05) is 6.92 Å². The normalized spacial score (nSPS) is 10.4. The smallest absolute Gasteiger partial charge is 0.255 e. The molecule has 0 spiro atoms. The second kappa shape index (κ2) is 7.04. The van der Waals surface area contributed by atoms with E-state index >= 15 is 0 Å².